The van der Waals surface area contributed by atoms with Crippen molar-refractivity contribution in [2.75, 3.05) is 36.8 Å². The number of pyridine rings is 2. The predicted molar refractivity (Wildman–Crippen MR) is 212 cm³/mol. The first-order valence-electron chi connectivity index (χ1n) is 19.7. The van der Waals surface area contributed by atoms with Crippen molar-refractivity contribution in [2.24, 2.45) is 11.8 Å². The molecular formula is C44H48N6O6. The zero-order chi connectivity index (χ0) is 39.1. The molecule has 12 nitrogen and oxygen atoms in total. The molecule has 2 saturated carbocycles. The van der Waals surface area contributed by atoms with Gasteiger partial charge in [0.25, 0.3) is 11.8 Å². The number of carboxylic acid groups (broad SMARTS) is 2. The van der Waals surface area contributed by atoms with E-state index in [0.29, 0.717) is 73.6 Å². The van der Waals surface area contributed by atoms with Gasteiger partial charge in [0.1, 0.15) is 11.4 Å². The Morgan fingerprint density at radius 2 is 1.05 bits per heavy atom. The van der Waals surface area contributed by atoms with E-state index in [4.69, 9.17) is 0 Å². The Morgan fingerprint density at radius 3 is 1.41 bits per heavy atom. The maximum absolute atomic E-state index is 13.6. The van der Waals surface area contributed by atoms with E-state index in [9.17, 15) is 29.4 Å². The molecule has 4 N–H and O–H groups in total. The van der Waals surface area contributed by atoms with Crippen molar-refractivity contribution in [3.8, 4) is 11.1 Å². The average molecular weight is 757 g/mol. The van der Waals surface area contributed by atoms with Crippen LogP contribution >= 0.6 is 0 Å². The fraction of sp³-hybridized carbons (Fsp3) is 0.409. The molecule has 4 heterocycles. The second kappa shape index (κ2) is 15.6. The van der Waals surface area contributed by atoms with Gasteiger partial charge >= 0.3 is 11.9 Å². The molecule has 0 unspecified atom stereocenters. The Kier molecular flexibility index (Phi) is 10.4. The molecule has 0 bridgehead atoms. The van der Waals surface area contributed by atoms with Crippen LogP contribution in [0.4, 0.5) is 11.4 Å². The number of nitrogens with one attached hydrogen (secondary N) is 2. The first kappa shape index (κ1) is 37.5. The maximum atomic E-state index is 13.6. The Morgan fingerprint density at radius 1 is 0.643 bits per heavy atom. The lowest BCUT2D eigenvalue weighted by Gasteiger charge is -2.19. The van der Waals surface area contributed by atoms with E-state index >= 15 is 0 Å². The normalized spacial score (nSPS) is 19.9. The maximum Gasteiger partial charge on any atom is 0.307 e. The van der Waals surface area contributed by atoms with Gasteiger partial charge in [-0.05, 0) is 146 Å². The number of carboxylic acids is 2. The molecule has 0 radical (unpaired) electrons. The Hall–Kier alpha value is -5.46. The summed E-state index contributed by atoms with van der Waals surface area (Å²) in [5, 5.41) is 25.0. The topological polar surface area (TPSA) is 165 Å². The third kappa shape index (κ3) is 8.08. The van der Waals surface area contributed by atoms with Crippen molar-refractivity contribution in [3.63, 3.8) is 0 Å². The van der Waals surface area contributed by atoms with Crippen LogP contribution in [0.15, 0.2) is 60.9 Å². The highest BCUT2D eigenvalue weighted by atomic mass is 16.4. The van der Waals surface area contributed by atoms with E-state index in [-0.39, 0.29) is 23.7 Å². The third-order valence-electron chi connectivity index (χ3n) is 12.0. The van der Waals surface area contributed by atoms with Crippen molar-refractivity contribution in [1.29, 1.82) is 0 Å². The van der Waals surface area contributed by atoms with Crippen LogP contribution in [0.2, 0.25) is 0 Å². The molecule has 2 saturated heterocycles. The molecule has 4 fully saturated rings. The van der Waals surface area contributed by atoms with Gasteiger partial charge in [-0.1, -0.05) is 24.3 Å². The third-order valence-corrected chi connectivity index (χ3v) is 12.0. The van der Waals surface area contributed by atoms with Gasteiger partial charge in [-0.15, -0.1) is 0 Å². The number of aliphatic carboxylic acids is 2. The van der Waals surface area contributed by atoms with E-state index < -0.39 is 11.9 Å². The van der Waals surface area contributed by atoms with E-state index in [2.05, 4.69) is 30.4 Å². The lowest BCUT2D eigenvalue weighted by molar-refractivity contribution is -0.142. The first-order chi connectivity index (χ1) is 27.0. The summed E-state index contributed by atoms with van der Waals surface area (Å²) in [5.41, 5.74) is 10.0. The highest BCUT2D eigenvalue weighted by molar-refractivity contribution is 6.05. The molecule has 2 aliphatic heterocycles. The number of benzene rings is 2. The molecule has 56 heavy (non-hydrogen) atoms. The molecule has 2 aliphatic carbocycles. The van der Waals surface area contributed by atoms with E-state index in [0.717, 1.165) is 83.3 Å². The summed E-state index contributed by atoms with van der Waals surface area (Å²) in [6.45, 7) is 7.72. The zero-order valence-electron chi connectivity index (χ0n) is 31.9. The number of hydrogen-bond donors (Lipinski definition) is 4. The van der Waals surface area contributed by atoms with Crippen LogP contribution in [0.5, 0.6) is 0 Å². The van der Waals surface area contributed by atoms with Gasteiger partial charge in [0.05, 0.1) is 11.8 Å². The van der Waals surface area contributed by atoms with Gasteiger partial charge in [0.15, 0.2) is 0 Å². The minimum atomic E-state index is -0.749. The minimum absolute atomic E-state index is 0.294. The van der Waals surface area contributed by atoms with Gasteiger partial charge < -0.3 is 20.8 Å². The number of amides is 2. The number of likely N-dealkylation sites (tertiary alicyclic amines) is 2. The lowest BCUT2D eigenvalue weighted by atomic mass is 9.94. The standard InChI is InChI=1S/C44H48N6O6/c1-25-33(5-3-7-37(25)47-41(51)39-17-35(27-9-10-27)31(19-45-39)23-49-15-13-29(21-49)43(53)54)34-6-4-8-38(26(34)2)48-42(52)40-18-36(28-11-12-28)32(20-46-40)24-50-16-14-30(22-50)44(55)56/h3-8,17-20,27-30H,9-16,21-24H2,1-2H3,(H,47,51)(H,48,52)(H,53,54)(H,55,56)/t29-,30-/m0/s1. The summed E-state index contributed by atoms with van der Waals surface area (Å²) in [6, 6.07) is 15.4. The van der Waals surface area contributed by atoms with Gasteiger partial charge in [-0.25, -0.2) is 0 Å². The molecule has 12 heteroatoms. The van der Waals surface area contributed by atoms with Gasteiger partial charge in [0.2, 0.25) is 0 Å². The molecule has 2 aromatic heterocycles. The van der Waals surface area contributed by atoms with Crippen LogP contribution in [0.1, 0.15) is 105 Å². The highest BCUT2D eigenvalue weighted by Gasteiger charge is 2.33. The molecular weight excluding hydrogens is 709 g/mol. The number of rotatable bonds is 13. The van der Waals surface area contributed by atoms with Crippen molar-refractivity contribution in [1.82, 2.24) is 19.8 Å². The molecule has 2 atom stereocenters. The van der Waals surface area contributed by atoms with Crippen LogP contribution in [-0.4, -0.2) is 79.9 Å². The van der Waals surface area contributed by atoms with E-state index in [1.165, 1.54) is 0 Å². The fourth-order valence-corrected chi connectivity index (χ4v) is 8.40. The lowest BCUT2D eigenvalue weighted by Crippen LogP contribution is -2.24. The van der Waals surface area contributed by atoms with Crippen LogP contribution in [0.25, 0.3) is 11.1 Å². The summed E-state index contributed by atoms with van der Waals surface area (Å²) in [6.07, 6.45) is 9.12. The summed E-state index contributed by atoms with van der Waals surface area (Å²) in [4.78, 5) is 63.7. The molecule has 2 amide bonds. The second-order valence-electron chi connectivity index (χ2n) is 16.1. The van der Waals surface area contributed by atoms with Gasteiger partial charge in [-0.3, -0.25) is 38.9 Å². The van der Waals surface area contributed by atoms with E-state index in [1.54, 1.807) is 12.4 Å². The second-order valence-corrected chi connectivity index (χ2v) is 16.1. The smallest absolute Gasteiger partial charge is 0.307 e. The number of nitrogens with zero attached hydrogens (tertiary/aromatic N) is 4. The number of carbonyl (C=O) groups is 4. The first-order valence-corrected chi connectivity index (χ1v) is 19.7. The van der Waals surface area contributed by atoms with Gasteiger partial charge in [-0.2, -0.15) is 0 Å². The summed E-state index contributed by atoms with van der Waals surface area (Å²) in [7, 11) is 0. The Bertz CT molecular complexity index is 2060. The molecule has 4 aromatic rings. The van der Waals surface area contributed by atoms with Crippen LogP contribution in [0.3, 0.4) is 0 Å². The van der Waals surface area contributed by atoms with Crippen molar-refractivity contribution in [2.45, 2.75) is 77.3 Å². The molecule has 2 aromatic carbocycles. The molecule has 0 spiro atoms. The van der Waals surface area contributed by atoms with Crippen LogP contribution in [-0.2, 0) is 22.7 Å². The summed E-state index contributed by atoms with van der Waals surface area (Å²) >= 11 is 0. The fourth-order valence-electron chi connectivity index (χ4n) is 8.40. The monoisotopic (exact) mass is 756 g/mol. The van der Waals surface area contributed by atoms with Crippen molar-refractivity contribution < 1.29 is 29.4 Å². The SMILES string of the molecule is Cc1c(NC(=O)c2cc(C3CC3)c(CN3CC[C@H](C(=O)O)C3)cn2)cccc1-c1cccc(NC(=O)c2cc(C3CC3)c(CN3CC[C@H](C(=O)O)C3)cn2)c1C. The summed E-state index contributed by atoms with van der Waals surface area (Å²) in [5.74, 6) is -1.98. The van der Waals surface area contributed by atoms with Crippen LogP contribution in [0, 0.1) is 25.7 Å². The number of hydrogen-bond acceptors (Lipinski definition) is 8. The van der Waals surface area contributed by atoms with Crippen molar-refractivity contribution in [3.05, 3.63) is 106 Å². The Balaban J connectivity index is 0.961. The Labute approximate surface area is 326 Å². The zero-order valence-corrected chi connectivity index (χ0v) is 31.9. The minimum Gasteiger partial charge on any atom is -0.481 e. The predicted octanol–water partition coefficient (Wildman–Crippen LogP) is 6.83. The molecule has 4 aliphatic rings. The largest absolute Gasteiger partial charge is 0.481 e. The highest BCUT2D eigenvalue weighted by Crippen LogP contribution is 2.43. The van der Waals surface area contributed by atoms with Crippen molar-refractivity contribution >= 4 is 35.1 Å². The average Bonchev–Trinajstić information content (AvgIpc) is 4.11. The number of anilines is 2. The number of carbonyl (C=O) groups excluding carboxylic acids is 2. The molecule has 290 valence electrons. The van der Waals surface area contributed by atoms with Gasteiger partial charge in [0, 0.05) is 49.9 Å². The van der Waals surface area contributed by atoms with E-state index in [1.807, 2.05) is 62.4 Å². The molecule has 8 rings (SSSR count). The van der Waals surface area contributed by atoms with Crippen LogP contribution < -0.4 is 10.6 Å². The number of aromatic nitrogens is 2. The summed E-state index contributed by atoms with van der Waals surface area (Å²) < 4.78 is 0. The quantitative estimate of drug-likeness (QED) is 0.114.